The zero-order valence-corrected chi connectivity index (χ0v) is 15.6. The first-order valence-electron chi connectivity index (χ1n) is 6.43. The Morgan fingerprint density at radius 2 is 1.86 bits per heavy atom. The molecule has 0 saturated heterocycles. The fourth-order valence-corrected chi connectivity index (χ4v) is 4.73. The van der Waals surface area contributed by atoms with Crippen molar-refractivity contribution in [1.29, 1.82) is 0 Å². The van der Waals surface area contributed by atoms with Crippen molar-refractivity contribution in [2.45, 2.75) is 31.3 Å². The van der Waals surface area contributed by atoms with E-state index in [1.54, 1.807) is 6.07 Å². The predicted molar refractivity (Wildman–Crippen MR) is 85.8 cm³/mol. The Kier molecular flexibility index (Phi) is 8.10. The third kappa shape index (κ3) is 4.40. The van der Waals surface area contributed by atoms with E-state index in [0.29, 0.717) is 32.2 Å². The van der Waals surface area contributed by atoms with Crippen LogP contribution in [0.25, 0.3) is 0 Å². The predicted octanol–water partition coefficient (Wildman–Crippen LogP) is 2.15. The zero-order chi connectivity index (χ0) is 14.7. The van der Waals surface area contributed by atoms with Crippen molar-refractivity contribution in [2.24, 2.45) is 0 Å². The Morgan fingerprint density at radius 3 is 2.38 bits per heavy atom. The molecular weight excluding hydrogens is 369 g/mol. The van der Waals surface area contributed by atoms with Crippen molar-refractivity contribution in [2.75, 3.05) is 14.2 Å². The van der Waals surface area contributed by atoms with Gasteiger partial charge < -0.3 is 22.8 Å². The van der Waals surface area contributed by atoms with Gasteiger partial charge in [0.1, 0.15) is 11.5 Å². The maximum Gasteiger partial charge on any atom is 1.00 e. The molecular formula is C14H16BrClLiO3P. The summed E-state index contributed by atoms with van der Waals surface area (Å²) in [6.45, 7) is 0. The first kappa shape index (κ1) is 19.3. The number of ether oxygens (including phenoxy) is 2. The molecule has 0 heterocycles. The molecule has 1 aliphatic carbocycles. The molecule has 21 heavy (non-hydrogen) atoms. The molecule has 1 fully saturated rings. The minimum absolute atomic E-state index is 0. The normalized spacial score (nSPS) is 15.2. The van der Waals surface area contributed by atoms with Gasteiger partial charge >= 0.3 is 18.9 Å². The van der Waals surface area contributed by atoms with Crippen LogP contribution in [0, 0.1) is 0 Å². The molecule has 0 spiro atoms. The Hall–Kier alpha value is 0.287. The van der Waals surface area contributed by atoms with E-state index in [1.807, 2.05) is 0 Å². The minimum Gasteiger partial charge on any atom is -0.495 e. The van der Waals surface area contributed by atoms with Crippen LogP contribution in [0.3, 0.4) is 0 Å². The van der Waals surface area contributed by atoms with E-state index in [1.165, 1.54) is 27.1 Å². The maximum atomic E-state index is 12.6. The van der Waals surface area contributed by atoms with E-state index in [9.17, 15) is 4.79 Å². The number of hydrogen-bond acceptors (Lipinski definition) is 3. The van der Waals surface area contributed by atoms with Crippen LogP contribution in [0.2, 0.25) is 5.02 Å². The van der Waals surface area contributed by atoms with Gasteiger partial charge in [0.15, 0.2) is 0 Å². The Labute approximate surface area is 152 Å². The number of hydrogen-bond donors (Lipinski definition) is 0. The van der Waals surface area contributed by atoms with Gasteiger partial charge in [0.25, 0.3) is 0 Å². The van der Waals surface area contributed by atoms with Gasteiger partial charge in [0, 0.05) is 5.52 Å². The molecule has 1 aliphatic rings. The minimum atomic E-state index is 0. The first-order chi connectivity index (χ1) is 9.58. The number of halogens is 2. The van der Waals surface area contributed by atoms with Gasteiger partial charge in [-0.05, 0) is 22.0 Å². The number of carbonyl (C=O) groups is 1. The molecule has 0 aromatic heterocycles. The first-order valence-corrected chi connectivity index (χ1v) is 8.57. The van der Waals surface area contributed by atoms with Crippen LogP contribution in [0.15, 0.2) is 10.5 Å². The Balaban J connectivity index is 0.00000220. The van der Waals surface area contributed by atoms with Gasteiger partial charge in [-0.25, -0.2) is 0 Å². The summed E-state index contributed by atoms with van der Waals surface area (Å²) in [5.41, 5.74) is 0.881. The summed E-state index contributed by atoms with van der Waals surface area (Å²) in [7, 11) is 3.85. The Bertz CT molecular complexity index is 493. The standard InChI is InChI=1S/C14H16BrClO3P.Li/c1-18-12-9(15)7-10(16)13(19-2)11(12)14(17)20-8-5-3-4-6-8;/h7-8H,3-6H2,1-2H3;/q-1;+1. The molecule has 1 aromatic carbocycles. The van der Waals surface area contributed by atoms with Crippen LogP contribution in [0.5, 0.6) is 11.5 Å². The van der Waals surface area contributed by atoms with Crippen molar-refractivity contribution in [3.63, 3.8) is 0 Å². The SMILES string of the molecule is COc1c(Cl)cc(Br)c(OC)c1C(=O)[P-]C1CCCC1.[Li+]. The van der Waals surface area contributed by atoms with E-state index in [2.05, 4.69) is 15.9 Å². The molecule has 3 nitrogen and oxygen atoms in total. The quantitative estimate of drug-likeness (QED) is 0.576. The monoisotopic (exact) mass is 384 g/mol. The van der Waals surface area contributed by atoms with Gasteiger partial charge in [-0.3, -0.25) is 0 Å². The van der Waals surface area contributed by atoms with E-state index >= 15 is 0 Å². The average Bonchev–Trinajstić information content (AvgIpc) is 2.90. The molecule has 110 valence electrons. The number of carbonyl (C=O) groups excluding carboxylic acids is 1. The molecule has 0 bridgehead atoms. The van der Waals surface area contributed by atoms with Crippen molar-refractivity contribution in [3.8, 4) is 11.5 Å². The fourth-order valence-electron chi connectivity index (χ4n) is 2.44. The van der Waals surface area contributed by atoms with E-state index in [4.69, 9.17) is 21.1 Å². The third-order valence-electron chi connectivity index (χ3n) is 3.39. The molecule has 0 radical (unpaired) electrons. The molecule has 0 aliphatic heterocycles. The maximum absolute atomic E-state index is 12.6. The van der Waals surface area contributed by atoms with Crippen molar-refractivity contribution in [1.82, 2.24) is 0 Å². The zero-order valence-electron chi connectivity index (χ0n) is 12.4. The van der Waals surface area contributed by atoms with Crippen LogP contribution in [-0.2, 0) is 0 Å². The van der Waals surface area contributed by atoms with Crippen LogP contribution in [-0.4, -0.2) is 25.4 Å². The van der Waals surface area contributed by atoms with Gasteiger partial charge in [0.05, 0.1) is 29.3 Å². The van der Waals surface area contributed by atoms with Gasteiger partial charge in [-0.15, -0.1) is 0 Å². The second-order valence-electron chi connectivity index (χ2n) is 4.65. The molecule has 0 N–H and O–H groups in total. The molecule has 0 atom stereocenters. The number of rotatable bonds is 5. The van der Waals surface area contributed by atoms with Gasteiger partial charge in [0.2, 0.25) is 0 Å². The van der Waals surface area contributed by atoms with E-state index in [-0.39, 0.29) is 24.4 Å². The second-order valence-corrected chi connectivity index (χ2v) is 7.31. The van der Waals surface area contributed by atoms with E-state index < -0.39 is 0 Å². The Morgan fingerprint density at radius 1 is 1.29 bits per heavy atom. The van der Waals surface area contributed by atoms with Gasteiger partial charge in [-0.1, -0.05) is 37.3 Å². The molecule has 1 saturated carbocycles. The molecule has 2 rings (SSSR count). The third-order valence-corrected chi connectivity index (χ3v) is 5.60. The number of benzene rings is 1. The van der Waals surface area contributed by atoms with Crippen LogP contribution < -0.4 is 28.3 Å². The number of methoxy groups -OCH3 is 2. The summed E-state index contributed by atoms with van der Waals surface area (Å²) in [4.78, 5) is 12.6. The van der Waals surface area contributed by atoms with Crippen LogP contribution in [0.4, 0.5) is 0 Å². The van der Waals surface area contributed by atoms with Gasteiger partial charge in [-0.2, -0.15) is 5.66 Å². The molecule has 0 unspecified atom stereocenters. The van der Waals surface area contributed by atoms with Crippen molar-refractivity contribution >= 4 is 41.6 Å². The molecule has 1 aromatic rings. The second kappa shape index (κ2) is 8.80. The average molecular weight is 386 g/mol. The molecule has 7 heteroatoms. The summed E-state index contributed by atoms with van der Waals surface area (Å²) in [6.07, 6.45) is 4.64. The van der Waals surface area contributed by atoms with E-state index in [0.717, 1.165) is 21.4 Å². The topological polar surface area (TPSA) is 35.5 Å². The van der Waals surface area contributed by atoms with Crippen LogP contribution in [0.1, 0.15) is 36.0 Å². The van der Waals surface area contributed by atoms with Crippen LogP contribution >= 0.6 is 36.1 Å². The largest absolute Gasteiger partial charge is 1.00 e. The van der Waals surface area contributed by atoms with Crippen molar-refractivity contribution in [3.05, 3.63) is 21.1 Å². The summed E-state index contributed by atoms with van der Waals surface area (Å²) < 4.78 is 11.3. The summed E-state index contributed by atoms with van der Waals surface area (Å²) in [6, 6.07) is 1.68. The smallest absolute Gasteiger partial charge is 0.495 e. The van der Waals surface area contributed by atoms with Crippen molar-refractivity contribution < 1.29 is 33.1 Å². The fraction of sp³-hybridized carbons (Fsp3) is 0.500. The summed E-state index contributed by atoms with van der Waals surface area (Å²) in [5.74, 6) is 0.879. The molecule has 0 amide bonds. The summed E-state index contributed by atoms with van der Waals surface area (Å²) >= 11 is 9.54. The summed E-state index contributed by atoms with van der Waals surface area (Å²) in [5, 5.41) is 0.408.